The van der Waals surface area contributed by atoms with E-state index in [4.69, 9.17) is 0 Å². The molecule has 0 unspecified atom stereocenters. The van der Waals surface area contributed by atoms with Crippen LogP contribution in [0.2, 0.25) is 0 Å². The van der Waals surface area contributed by atoms with Crippen molar-refractivity contribution in [2.24, 2.45) is 0 Å². The van der Waals surface area contributed by atoms with Gasteiger partial charge in [-0.1, -0.05) is 0 Å². The van der Waals surface area contributed by atoms with E-state index in [1.165, 1.54) is 7.11 Å². The molecule has 0 saturated heterocycles. The van der Waals surface area contributed by atoms with Crippen molar-refractivity contribution in [1.29, 1.82) is 0 Å². The van der Waals surface area contributed by atoms with Crippen LogP contribution in [-0.2, 0) is 10.4 Å². The van der Waals surface area contributed by atoms with Crippen LogP contribution in [0.4, 0.5) is 13.2 Å². The summed E-state index contributed by atoms with van der Waals surface area (Å²) in [5, 5.41) is 0. The van der Waals surface area contributed by atoms with Crippen LogP contribution < -0.4 is 0 Å². The minimum atomic E-state index is -4.36. The molecule has 0 amide bonds. The summed E-state index contributed by atoms with van der Waals surface area (Å²) >= 11 is 0.646. The lowest BCUT2D eigenvalue weighted by Gasteiger charge is -2.09. The molecule has 1 aromatic rings. The minimum absolute atomic E-state index is 0.0301. The average molecular weight is 209 g/mol. The maximum absolute atomic E-state index is 12.3. The lowest BCUT2D eigenvalue weighted by molar-refractivity contribution is -0.139. The van der Waals surface area contributed by atoms with Gasteiger partial charge >= 0.3 is 6.18 Å². The number of alkyl halides is 3. The molecule has 1 heterocycles. The SMILES string of the molecule is COSc1cnccc1C(F)(F)F. The van der Waals surface area contributed by atoms with Crippen molar-refractivity contribution in [3.63, 3.8) is 0 Å². The molecule has 0 radical (unpaired) electrons. The van der Waals surface area contributed by atoms with E-state index in [0.717, 1.165) is 18.5 Å². The Balaban J connectivity index is 3.05. The summed E-state index contributed by atoms with van der Waals surface area (Å²) < 4.78 is 41.4. The Bertz CT molecular complexity index is 289. The fraction of sp³-hybridized carbons (Fsp3) is 0.286. The Hall–Kier alpha value is -0.750. The van der Waals surface area contributed by atoms with Crippen LogP contribution >= 0.6 is 12.0 Å². The molecule has 0 aliphatic heterocycles. The van der Waals surface area contributed by atoms with Crippen LogP contribution in [0, 0.1) is 0 Å². The Kier molecular flexibility index (Phi) is 3.16. The lowest BCUT2D eigenvalue weighted by Crippen LogP contribution is -2.06. The lowest BCUT2D eigenvalue weighted by atomic mass is 10.3. The molecule has 72 valence electrons. The van der Waals surface area contributed by atoms with E-state index < -0.39 is 11.7 Å². The Morgan fingerprint density at radius 2 is 2.15 bits per heavy atom. The predicted molar refractivity (Wildman–Crippen MR) is 42.1 cm³/mol. The van der Waals surface area contributed by atoms with E-state index in [1.54, 1.807) is 0 Å². The highest BCUT2D eigenvalue weighted by Gasteiger charge is 2.33. The Morgan fingerprint density at radius 1 is 1.46 bits per heavy atom. The summed E-state index contributed by atoms with van der Waals surface area (Å²) in [5.41, 5.74) is -0.727. The predicted octanol–water partition coefficient (Wildman–Crippen LogP) is 2.75. The minimum Gasteiger partial charge on any atom is -0.314 e. The highest BCUT2D eigenvalue weighted by atomic mass is 32.2. The molecule has 0 aliphatic carbocycles. The van der Waals surface area contributed by atoms with E-state index in [1.807, 2.05) is 0 Å². The van der Waals surface area contributed by atoms with Crippen LogP contribution in [0.15, 0.2) is 23.4 Å². The molecule has 0 spiro atoms. The number of rotatable bonds is 2. The maximum Gasteiger partial charge on any atom is 0.417 e. The molecular weight excluding hydrogens is 203 g/mol. The zero-order valence-corrected chi connectivity index (χ0v) is 7.45. The molecule has 0 aromatic carbocycles. The van der Waals surface area contributed by atoms with Crippen molar-refractivity contribution in [2.75, 3.05) is 7.11 Å². The average Bonchev–Trinajstić information content (AvgIpc) is 2.04. The van der Waals surface area contributed by atoms with Gasteiger partial charge in [0.15, 0.2) is 0 Å². The van der Waals surface area contributed by atoms with E-state index in [0.29, 0.717) is 12.0 Å². The quantitative estimate of drug-likeness (QED) is 0.699. The van der Waals surface area contributed by atoms with Gasteiger partial charge in [0.1, 0.15) is 0 Å². The largest absolute Gasteiger partial charge is 0.417 e. The summed E-state index contributed by atoms with van der Waals surface area (Å²) in [5.74, 6) is 0. The highest BCUT2D eigenvalue weighted by molar-refractivity contribution is 7.94. The zero-order chi connectivity index (χ0) is 9.90. The van der Waals surface area contributed by atoms with Crippen LogP contribution in [0.1, 0.15) is 5.56 Å². The molecule has 1 aromatic heterocycles. The third kappa shape index (κ3) is 2.60. The Labute approximate surface area is 77.3 Å². The van der Waals surface area contributed by atoms with E-state index >= 15 is 0 Å². The van der Waals surface area contributed by atoms with E-state index in [9.17, 15) is 13.2 Å². The van der Waals surface area contributed by atoms with Gasteiger partial charge in [-0.15, -0.1) is 0 Å². The van der Waals surface area contributed by atoms with Crippen LogP contribution in [0.3, 0.4) is 0 Å². The maximum atomic E-state index is 12.3. The van der Waals surface area contributed by atoms with Gasteiger partial charge in [0.2, 0.25) is 0 Å². The van der Waals surface area contributed by atoms with Gasteiger partial charge in [0.25, 0.3) is 0 Å². The number of hydrogen-bond donors (Lipinski definition) is 0. The van der Waals surface area contributed by atoms with E-state index in [2.05, 4.69) is 9.17 Å². The fourth-order valence-corrected chi connectivity index (χ4v) is 1.33. The molecule has 0 aliphatic rings. The topological polar surface area (TPSA) is 22.1 Å². The first kappa shape index (κ1) is 10.3. The first-order chi connectivity index (χ1) is 6.05. The number of aromatic nitrogens is 1. The van der Waals surface area contributed by atoms with Crippen LogP contribution in [0.5, 0.6) is 0 Å². The number of halogens is 3. The summed E-state index contributed by atoms with van der Waals surface area (Å²) in [7, 11) is 1.30. The van der Waals surface area contributed by atoms with Gasteiger partial charge in [-0.25, -0.2) is 0 Å². The first-order valence-corrected chi connectivity index (χ1v) is 4.01. The molecular formula is C7H6F3NOS. The van der Waals surface area contributed by atoms with Crippen LogP contribution in [-0.4, -0.2) is 12.1 Å². The summed E-state index contributed by atoms with van der Waals surface area (Å²) in [6.45, 7) is 0. The van der Waals surface area contributed by atoms with E-state index in [-0.39, 0.29) is 4.90 Å². The molecule has 13 heavy (non-hydrogen) atoms. The second-order valence-electron chi connectivity index (χ2n) is 2.12. The third-order valence-corrected chi connectivity index (χ3v) is 1.93. The van der Waals surface area contributed by atoms with Gasteiger partial charge in [-0.05, 0) is 6.07 Å². The van der Waals surface area contributed by atoms with Crippen molar-refractivity contribution in [2.45, 2.75) is 11.1 Å². The zero-order valence-electron chi connectivity index (χ0n) is 6.63. The molecule has 1 rings (SSSR count). The van der Waals surface area contributed by atoms with Gasteiger partial charge < -0.3 is 4.18 Å². The van der Waals surface area contributed by atoms with Crippen molar-refractivity contribution < 1.29 is 17.4 Å². The second kappa shape index (κ2) is 3.97. The van der Waals surface area contributed by atoms with Gasteiger partial charge in [0.05, 0.1) is 17.6 Å². The molecule has 2 nitrogen and oxygen atoms in total. The number of nitrogens with zero attached hydrogens (tertiary/aromatic N) is 1. The van der Waals surface area contributed by atoms with Gasteiger partial charge in [0, 0.05) is 24.4 Å². The second-order valence-corrected chi connectivity index (χ2v) is 3.06. The summed E-state index contributed by atoms with van der Waals surface area (Å²) in [4.78, 5) is 3.55. The number of hydrogen-bond acceptors (Lipinski definition) is 3. The molecule has 0 fully saturated rings. The molecule has 6 heteroatoms. The molecule has 0 N–H and O–H groups in total. The van der Waals surface area contributed by atoms with Crippen molar-refractivity contribution in [3.05, 3.63) is 24.0 Å². The standard InChI is InChI=1S/C7H6F3NOS/c1-12-13-6-4-11-3-2-5(6)7(8,9)10/h2-4H,1H3. The highest BCUT2D eigenvalue weighted by Crippen LogP contribution is 2.35. The number of pyridine rings is 1. The fourth-order valence-electron chi connectivity index (χ4n) is 0.770. The van der Waals surface area contributed by atoms with Gasteiger partial charge in [-0.3, -0.25) is 4.98 Å². The molecule has 0 bridgehead atoms. The molecule has 0 saturated carbocycles. The summed E-state index contributed by atoms with van der Waals surface area (Å²) in [6.07, 6.45) is -2.14. The summed E-state index contributed by atoms with van der Waals surface area (Å²) in [6, 6.07) is 0.918. The third-order valence-electron chi connectivity index (χ3n) is 1.26. The Morgan fingerprint density at radius 3 is 2.69 bits per heavy atom. The van der Waals surface area contributed by atoms with Gasteiger partial charge in [-0.2, -0.15) is 13.2 Å². The molecule has 0 atom stereocenters. The monoisotopic (exact) mass is 209 g/mol. The normalized spacial score (nSPS) is 11.7. The van der Waals surface area contributed by atoms with Crippen molar-refractivity contribution in [1.82, 2.24) is 4.98 Å². The van der Waals surface area contributed by atoms with Crippen molar-refractivity contribution in [3.8, 4) is 0 Å². The smallest absolute Gasteiger partial charge is 0.314 e. The van der Waals surface area contributed by atoms with Crippen molar-refractivity contribution >= 4 is 12.0 Å². The van der Waals surface area contributed by atoms with Crippen LogP contribution in [0.25, 0.3) is 0 Å². The first-order valence-electron chi connectivity index (χ1n) is 3.27.